The van der Waals surface area contributed by atoms with Crippen molar-refractivity contribution < 1.29 is 4.42 Å². The van der Waals surface area contributed by atoms with Gasteiger partial charge in [0.1, 0.15) is 4.60 Å². The summed E-state index contributed by atoms with van der Waals surface area (Å²) >= 11 is 3.39. The molecule has 0 spiro atoms. The molecule has 1 N–H and O–H groups in total. The Morgan fingerprint density at radius 1 is 1.47 bits per heavy atom. The minimum Gasteiger partial charge on any atom is -0.472 e. The molecule has 0 aliphatic carbocycles. The standard InChI is InChI=1S/C11H11BrN2O/c1-8(9-4-6-15-7-9)14-10-3-2-5-13-11(10)12/h2-8,14H,1H3. The number of hydrogen-bond acceptors (Lipinski definition) is 3. The van der Waals surface area contributed by atoms with E-state index in [9.17, 15) is 0 Å². The first-order valence-corrected chi connectivity index (χ1v) is 5.46. The van der Waals surface area contributed by atoms with Crippen LogP contribution in [0.3, 0.4) is 0 Å². The molecule has 0 saturated heterocycles. The van der Waals surface area contributed by atoms with E-state index >= 15 is 0 Å². The molecule has 0 fully saturated rings. The highest BCUT2D eigenvalue weighted by Gasteiger charge is 2.08. The third-order valence-corrected chi connectivity index (χ3v) is 2.81. The number of halogens is 1. The van der Waals surface area contributed by atoms with Crippen LogP contribution in [0, 0.1) is 0 Å². The molecule has 2 aromatic rings. The second kappa shape index (κ2) is 4.49. The average Bonchev–Trinajstić information content (AvgIpc) is 2.74. The van der Waals surface area contributed by atoms with Crippen LogP contribution >= 0.6 is 15.9 Å². The summed E-state index contributed by atoms with van der Waals surface area (Å²) in [6, 6.07) is 6.02. The van der Waals surface area contributed by atoms with Gasteiger partial charge in [-0.15, -0.1) is 0 Å². The lowest BCUT2D eigenvalue weighted by Gasteiger charge is -2.13. The monoisotopic (exact) mass is 266 g/mol. The van der Waals surface area contributed by atoms with Gasteiger partial charge in [0.15, 0.2) is 0 Å². The van der Waals surface area contributed by atoms with Gasteiger partial charge in [-0.1, -0.05) is 0 Å². The Labute approximate surface area is 96.6 Å². The lowest BCUT2D eigenvalue weighted by molar-refractivity contribution is 0.562. The van der Waals surface area contributed by atoms with Crippen LogP contribution < -0.4 is 5.32 Å². The number of anilines is 1. The Balaban J connectivity index is 2.13. The van der Waals surface area contributed by atoms with Gasteiger partial charge in [-0.3, -0.25) is 0 Å². The maximum atomic E-state index is 5.04. The van der Waals surface area contributed by atoms with Crippen molar-refractivity contribution in [2.24, 2.45) is 0 Å². The van der Waals surface area contributed by atoms with Gasteiger partial charge in [-0.05, 0) is 41.1 Å². The molecule has 3 nitrogen and oxygen atoms in total. The molecule has 0 aliphatic rings. The van der Waals surface area contributed by atoms with E-state index in [1.54, 1.807) is 18.7 Å². The molecule has 2 aromatic heterocycles. The highest BCUT2D eigenvalue weighted by molar-refractivity contribution is 9.10. The summed E-state index contributed by atoms with van der Waals surface area (Å²) in [5.74, 6) is 0. The molecule has 1 unspecified atom stereocenters. The number of nitrogens with zero attached hydrogens (tertiary/aromatic N) is 1. The molecule has 2 heterocycles. The van der Waals surface area contributed by atoms with E-state index in [1.807, 2.05) is 18.2 Å². The maximum absolute atomic E-state index is 5.04. The Morgan fingerprint density at radius 3 is 3.00 bits per heavy atom. The van der Waals surface area contributed by atoms with Crippen LogP contribution in [0.25, 0.3) is 0 Å². The lowest BCUT2D eigenvalue weighted by atomic mass is 10.2. The van der Waals surface area contributed by atoms with E-state index < -0.39 is 0 Å². The topological polar surface area (TPSA) is 38.1 Å². The zero-order valence-corrected chi connectivity index (χ0v) is 9.86. The summed E-state index contributed by atoms with van der Waals surface area (Å²) in [6.07, 6.45) is 5.16. The highest BCUT2D eigenvalue weighted by atomic mass is 79.9. The van der Waals surface area contributed by atoms with Gasteiger partial charge < -0.3 is 9.73 Å². The zero-order valence-electron chi connectivity index (χ0n) is 8.27. The molecule has 0 amide bonds. The second-order valence-corrected chi connectivity index (χ2v) is 4.02. The number of furan rings is 1. The van der Waals surface area contributed by atoms with Crippen molar-refractivity contribution in [3.8, 4) is 0 Å². The molecule has 0 bridgehead atoms. The van der Waals surface area contributed by atoms with Crippen molar-refractivity contribution >= 4 is 21.6 Å². The van der Waals surface area contributed by atoms with E-state index in [1.165, 1.54) is 0 Å². The van der Waals surface area contributed by atoms with Crippen LogP contribution in [0.15, 0.2) is 45.9 Å². The third-order valence-electron chi connectivity index (χ3n) is 2.17. The molecular weight excluding hydrogens is 256 g/mol. The maximum Gasteiger partial charge on any atom is 0.129 e. The third kappa shape index (κ3) is 2.39. The molecule has 4 heteroatoms. The van der Waals surface area contributed by atoms with Crippen molar-refractivity contribution in [2.45, 2.75) is 13.0 Å². The minimum atomic E-state index is 0.198. The number of hydrogen-bond donors (Lipinski definition) is 1. The van der Waals surface area contributed by atoms with Crippen molar-refractivity contribution in [2.75, 3.05) is 5.32 Å². The molecule has 0 saturated carbocycles. The summed E-state index contributed by atoms with van der Waals surface area (Å²) in [5, 5.41) is 3.34. The van der Waals surface area contributed by atoms with Gasteiger partial charge in [0.25, 0.3) is 0 Å². The number of nitrogens with one attached hydrogen (secondary N) is 1. The highest BCUT2D eigenvalue weighted by Crippen LogP contribution is 2.24. The first-order valence-electron chi connectivity index (χ1n) is 4.66. The first kappa shape index (κ1) is 10.2. The van der Waals surface area contributed by atoms with Crippen molar-refractivity contribution in [3.05, 3.63) is 47.1 Å². The lowest BCUT2D eigenvalue weighted by Crippen LogP contribution is -2.06. The van der Waals surface area contributed by atoms with Gasteiger partial charge in [0.2, 0.25) is 0 Å². The number of rotatable bonds is 3. The fourth-order valence-corrected chi connectivity index (χ4v) is 1.70. The fraction of sp³-hybridized carbons (Fsp3) is 0.182. The van der Waals surface area contributed by atoms with Crippen molar-refractivity contribution in [3.63, 3.8) is 0 Å². The zero-order chi connectivity index (χ0) is 10.7. The summed E-state index contributed by atoms with van der Waals surface area (Å²) in [6.45, 7) is 2.07. The number of aromatic nitrogens is 1. The molecule has 0 aromatic carbocycles. The van der Waals surface area contributed by atoms with Crippen molar-refractivity contribution in [1.82, 2.24) is 4.98 Å². The van der Waals surface area contributed by atoms with Gasteiger partial charge in [-0.25, -0.2) is 4.98 Å². The Hall–Kier alpha value is -1.29. The average molecular weight is 267 g/mol. The van der Waals surface area contributed by atoms with Crippen molar-refractivity contribution in [1.29, 1.82) is 0 Å². The van der Waals surface area contributed by atoms with Crippen LogP contribution in [0.5, 0.6) is 0 Å². The second-order valence-electron chi connectivity index (χ2n) is 3.26. The fourth-order valence-electron chi connectivity index (χ4n) is 1.33. The van der Waals surface area contributed by atoms with Crippen LogP contribution in [0.1, 0.15) is 18.5 Å². The molecular formula is C11H11BrN2O. The van der Waals surface area contributed by atoms with Gasteiger partial charge >= 0.3 is 0 Å². The van der Waals surface area contributed by atoms with E-state index in [4.69, 9.17) is 4.42 Å². The van der Waals surface area contributed by atoms with E-state index in [2.05, 4.69) is 33.2 Å². The summed E-state index contributed by atoms with van der Waals surface area (Å²) in [5.41, 5.74) is 2.09. The van der Waals surface area contributed by atoms with Gasteiger partial charge in [0, 0.05) is 11.8 Å². The summed E-state index contributed by atoms with van der Waals surface area (Å²) < 4.78 is 5.86. The molecule has 2 rings (SSSR count). The SMILES string of the molecule is CC(Nc1cccnc1Br)c1ccoc1. The van der Waals surface area contributed by atoms with Crippen LogP contribution in [0.4, 0.5) is 5.69 Å². The van der Waals surface area contributed by atoms with Crippen LogP contribution in [-0.4, -0.2) is 4.98 Å². The predicted octanol–water partition coefficient (Wildman–Crippen LogP) is 3.61. The first-order chi connectivity index (χ1) is 7.27. The quantitative estimate of drug-likeness (QED) is 0.863. The molecule has 15 heavy (non-hydrogen) atoms. The smallest absolute Gasteiger partial charge is 0.129 e. The Bertz CT molecular complexity index is 428. The van der Waals surface area contributed by atoms with Gasteiger partial charge in [0.05, 0.1) is 24.3 Å². The van der Waals surface area contributed by atoms with E-state index in [0.717, 1.165) is 15.9 Å². The Morgan fingerprint density at radius 2 is 2.33 bits per heavy atom. The van der Waals surface area contributed by atoms with E-state index in [-0.39, 0.29) is 6.04 Å². The minimum absolute atomic E-state index is 0.198. The largest absolute Gasteiger partial charge is 0.472 e. The Kier molecular flexibility index (Phi) is 3.06. The van der Waals surface area contributed by atoms with Crippen LogP contribution in [-0.2, 0) is 0 Å². The molecule has 0 aliphatic heterocycles. The summed E-state index contributed by atoms with van der Waals surface area (Å²) in [4.78, 5) is 4.14. The number of pyridine rings is 1. The van der Waals surface area contributed by atoms with Gasteiger partial charge in [-0.2, -0.15) is 0 Å². The predicted molar refractivity (Wildman–Crippen MR) is 62.7 cm³/mol. The van der Waals surface area contributed by atoms with E-state index in [0.29, 0.717) is 0 Å². The van der Waals surface area contributed by atoms with Crippen LogP contribution in [0.2, 0.25) is 0 Å². The summed E-state index contributed by atoms with van der Waals surface area (Å²) in [7, 11) is 0. The molecule has 1 atom stereocenters. The normalized spacial score (nSPS) is 12.4. The molecule has 0 radical (unpaired) electrons. The molecule has 78 valence electrons.